The van der Waals surface area contributed by atoms with E-state index in [0.717, 1.165) is 39.7 Å². The fourth-order valence-electron chi connectivity index (χ4n) is 7.51. The van der Waals surface area contributed by atoms with Crippen molar-refractivity contribution in [1.29, 1.82) is 0 Å². The maximum atomic E-state index is 14.6. The number of nitrogens with one attached hydrogen (secondary N) is 1. The third-order valence-corrected chi connectivity index (χ3v) is 9.30. The molecule has 4 nitrogen and oxygen atoms in total. The Morgan fingerprint density at radius 1 is 1.17 bits per heavy atom. The van der Waals surface area contributed by atoms with Gasteiger partial charge in [0.2, 0.25) is 0 Å². The minimum Gasteiger partial charge on any atom is -0.393 e. The van der Waals surface area contributed by atoms with Gasteiger partial charge in [0.25, 0.3) is 0 Å². The summed E-state index contributed by atoms with van der Waals surface area (Å²) in [5, 5.41) is 30.7. The first kappa shape index (κ1) is 23.0. The highest BCUT2D eigenvalue weighted by molar-refractivity contribution is 5.86. The van der Waals surface area contributed by atoms with E-state index in [2.05, 4.69) is 10.2 Å². The zero-order chi connectivity index (χ0) is 24.8. The molecule has 186 valence electrons. The van der Waals surface area contributed by atoms with E-state index in [4.69, 9.17) is 0 Å². The maximum Gasteiger partial charge on any atom is 0.413 e. The molecule has 1 heterocycles. The first-order valence-corrected chi connectivity index (χ1v) is 12.6. The van der Waals surface area contributed by atoms with Gasteiger partial charge in [-0.2, -0.15) is 18.3 Å². The number of halogens is 3. The van der Waals surface area contributed by atoms with E-state index in [9.17, 15) is 23.4 Å². The molecule has 1 aromatic heterocycles. The van der Waals surface area contributed by atoms with Crippen LogP contribution in [0.4, 0.5) is 13.2 Å². The van der Waals surface area contributed by atoms with Gasteiger partial charge in [-0.05, 0) is 80.6 Å². The van der Waals surface area contributed by atoms with Gasteiger partial charge in [-0.1, -0.05) is 36.8 Å². The Bertz CT molecular complexity index is 1300. The summed E-state index contributed by atoms with van der Waals surface area (Å²) in [6, 6.07) is 5.88. The van der Waals surface area contributed by atoms with E-state index in [1.54, 1.807) is 6.08 Å². The van der Waals surface area contributed by atoms with Gasteiger partial charge in [-0.15, -0.1) is 0 Å². The van der Waals surface area contributed by atoms with E-state index < -0.39 is 28.9 Å². The van der Waals surface area contributed by atoms with Gasteiger partial charge >= 0.3 is 6.18 Å². The summed E-state index contributed by atoms with van der Waals surface area (Å²) in [6.07, 6.45) is 1.72. The highest BCUT2D eigenvalue weighted by atomic mass is 19.4. The van der Waals surface area contributed by atoms with Crippen LogP contribution in [0.15, 0.2) is 47.1 Å². The molecular weight excluding hydrogens is 453 g/mol. The van der Waals surface area contributed by atoms with Crippen LogP contribution in [-0.2, 0) is 0 Å². The molecule has 5 atom stereocenters. The molecule has 7 heteroatoms. The molecule has 0 bridgehead atoms. The van der Waals surface area contributed by atoms with Crippen LogP contribution in [0, 0.1) is 24.2 Å². The summed E-state index contributed by atoms with van der Waals surface area (Å²) >= 11 is 0. The minimum atomic E-state index is -4.54. The fraction of sp³-hybridized carbons (Fsp3) is 0.536. The molecule has 1 aromatic carbocycles. The summed E-state index contributed by atoms with van der Waals surface area (Å²) in [6.45, 7) is 3.84. The van der Waals surface area contributed by atoms with Gasteiger partial charge in [-0.3, -0.25) is 5.10 Å². The number of alkyl halides is 3. The number of aliphatic hydroxyl groups is 2. The number of hydrogen-bond donors (Lipinski definition) is 3. The van der Waals surface area contributed by atoms with E-state index in [1.807, 2.05) is 38.1 Å². The minimum absolute atomic E-state index is 0.0482. The van der Waals surface area contributed by atoms with E-state index in [0.29, 0.717) is 32.1 Å². The highest BCUT2D eigenvalue weighted by Crippen LogP contribution is 2.64. The van der Waals surface area contributed by atoms with E-state index in [1.165, 1.54) is 0 Å². The van der Waals surface area contributed by atoms with Crippen LogP contribution in [0.2, 0.25) is 0 Å². The predicted octanol–water partition coefficient (Wildman–Crippen LogP) is 6.16. The summed E-state index contributed by atoms with van der Waals surface area (Å²) in [4.78, 5) is 0. The quantitative estimate of drug-likeness (QED) is 0.454. The Labute approximate surface area is 202 Å². The number of aromatic amines is 1. The van der Waals surface area contributed by atoms with Crippen LogP contribution < -0.4 is 0 Å². The van der Waals surface area contributed by atoms with Crippen molar-refractivity contribution in [2.45, 2.75) is 76.7 Å². The summed E-state index contributed by atoms with van der Waals surface area (Å²) in [7, 11) is 0. The third-order valence-electron chi connectivity index (χ3n) is 9.30. The molecule has 35 heavy (non-hydrogen) atoms. The van der Waals surface area contributed by atoms with Gasteiger partial charge in [0, 0.05) is 28.0 Å². The molecule has 1 saturated carbocycles. The van der Waals surface area contributed by atoms with Crippen LogP contribution in [-0.4, -0.2) is 38.3 Å². The molecule has 0 aliphatic heterocycles. The first-order chi connectivity index (χ1) is 16.5. The van der Waals surface area contributed by atoms with Crippen molar-refractivity contribution in [1.82, 2.24) is 10.2 Å². The Hall–Kier alpha value is -2.38. The Morgan fingerprint density at radius 3 is 2.74 bits per heavy atom. The fourth-order valence-corrected chi connectivity index (χ4v) is 7.51. The van der Waals surface area contributed by atoms with Gasteiger partial charge < -0.3 is 10.2 Å². The molecule has 0 amide bonds. The molecule has 2 aromatic rings. The maximum absolute atomic E-state index is 14.6. The lowest BCUT2D eigenvalue weighted by Gasteiger charge is -2.50. The number of nitrogens with zero attached hydrogens (tertiary/aromatic N) is 1. The zero-order valence-electron chi connectivity index (χ0n) is 20.0. The lowest BCUT2D eigenvalue weighted by atomic mass is 9.56. The third kappa shape index (κ3) is 3.38. The predicted molar refractivity (Wildman–Crippen MR) is 128 cm³/mol. The number of aryl methyl sites for hydroxylation is 1. The first-order valence-electron chi connectivity index (χ1n) is 12.6. The smallest absolute Gasteiger partial charge is 0.393 e. The van der Waals surface area contributed by atoms with Crippen molar-refractivity contribution in [3.05, 3.63) is 58.3 Å². The molecule has 0 radical (unpaired) electrons. The van der Waals surface area contributed by atoms with Crippen LogP contribution in [0.3, 0.4) is 0 Å². The summed E-state index contributed by atoms with van der Waals surface area (Å²) in [5.74, 6) is -0.218. The Kier molecular flexibility index (Phi) is 4.98. The number of rotatable bonds is 1. The van der Waals surface area contributed by atoms with Crippen molar-refractivity contribution in [2.75, 3.05) is 0 Å². The lowest BCUT2D eigenvalue weighted by molar-refractivity contribution is -0.113. The summed E-state index contributed by atoms with van der Waals surface area (Å²) in [5.41, 5.74) is 1.36. The molecule has 1 fully saturated rings. The topological polar surface area (TPSA) is 69.1 Å². The molecule has 4 aliphatic rings. The van der Waals surface area contributed by atoms with Crippen LogP contribution >= 0.6 is 0 Å². The average molecular weight is 485 g/mol. The van der Waals surface area contributed by atoms with E-state index >= 15 is 0 Å². The van der Waals surface area contributed by atoms with Crippen molar-refractivity contribution < 1.29 is 23.4 Å². The van der Waals surface area contributed by atoms with Gasteiger partial charge in [0.1, 0.15) is 0 Å². The molecule has 0 saturated heterocycles. The SMILES string of the molecule is Cc1[nH]nc2cc(C3=CCC4C3(C)CC(C(F)(F)F)=C3C=C5CC(O)CCC5CC[C@@]34O)ccc12. The second-order valence-electron chi connectivity index (χ2n) is 11.3. The number of aromatic nitrogens is 2. The number of benzene rings is 1. The molecule has 4 unspecified atom stereocenters. The number of allylic oxidation sites excluding steroid dienone is 3. The lowest BCUT2D eigenvalue weighted by Crippen LogP contribution is -2.51. The van der Waals surface area contributed by atoms with Crippen LogP contribution in [0.25, 0.3) is 16.5 Å². The van der Waals surface area contributed by atoms with Crippen molar-refractivity contribution in [3.63, 3.8) is 0 Å². The normalized spacial score (nSPS) is 35.2. The second kappa shape index (κ2) is 7.56. The molecule has 0 spiro atoms. The largest absolute Gasteiger partial charge is 0.413 e. The van der Waals surface area contributed by atoms with Gasteiger partial charge in [0.05, 0.1) is 17.2 Å². The number of fused-ring (bicyclic) bond motifs is 5. The average Bonchev–Trinajstić information content (AvgIpc) is 3.29. The zero-order valence-corrected chi connectivity index (χ0v) is 20.0. The Morgan fingerprint density at radius 2 is 1.97 bits per heavy atom. The number of hydrogen-bond acceptors (Lipinski definition) is 3. The van der Waals surface area contributed by atoms with Crippen molar-refractivity contribution >= 4 is 16.5 Å². The van der Waals surface area contributed by atoms with Crippen LogP contribution in [0.1, 0.15) is 63.1 Å². The Balaban J connectivity index is 1.49. The van der Waals surface area contributed by atoms with Crippen molar-refractivity contribution in [2.24, 2.45) is 17.3 Å². The monoisotopic (exact) mass is 484 g/mol. The highest BCUT2D eigenvalue weighted by Gasteiger charge is 2.60. The number of H-pyrrole nitrogens is 1. The molecule has 6 rings (SSSR count). The summed E-state index contributed by atoms with van der Waals surface area (Å²) < 4.78 is 43.8. The molecule has 4 aliphatic carbocycles. The van der Waals surface area contributed by atoms with Crippen molar-refractivity contribution in [3.8, 4) is 0 Å². The number of aliphatic hydroxyl groups excluding tert-OH is 1. The van der Waals surface area contributed by atoms with Gasteiger partial charge in [0.15, 0.2) is 0 Å². The van der Waals surface area contributed by atoms with Crippen LogP contribution in [0.5, 0.6) is 0 Å². The standard InChI is InChI=1S/C28H31F3N2O2/c1-15-20-6-4-17(13-24(20)33-32-15)21-7-8-25-26(21,2)14-23(28(29,30)31)22-12-18-11-19(34)5-3-16(18)9-10-27(22,25)35/h4,6-7,12-13,16,19,25,34-35H,3,5,8-11,14H2,1-2H3,(H,32,33)/t16?,19?,25?,26?,27-/m1/s1. The van der Waals surface area contributed by atoms with E-state index in [-0.39, 0.29) is 23.8 Å². The molecular formula is C28H31F3N2O2. The van der Waals surface area contributed by atoms with Gasteiger partial charge in [-0.25, -0.2) is 0 Å². The molecule has 3 N–H and O–H groups in total. The second-order valence-corrected chi connectivity index (χ2v) is 11.3.